The van der Waals surface area contributed by atoms with Crippen molar-refractivity contribution in [2.45, 2.75) is 11.3 Å². The van der Waals surface area contributed by atoms with Crippen molar-refractivity contribution in [3.05, 3.63) is 21.7 Å². The quantitative estimate of drug-likeness (QED) is 0.649. The van der Waals surface area contributed by atoms with Crippen molar-refractivity contribution in [2.24, 2.45) is 0 Å². The first-order valence-corrected chi connectivity index (χ1v) is 6.00. The second kappa shape index (κ2) is 3.80. The third-order valence-corrected chi connectivity index (χ3v) is 4.41. The molecular weight excluding hydrogens is 238 g/mol. The Labute approximate surface area is 97.6 Å². The molecule has 1 aromatic carbocycles. The molecule has 0 aromatic heterocycles. The number of fused-ring (bicyclic) bond motifs is 1. The lowest BCUT2D eigenvalue weighted by atomic mass is 9.92. The van der Waals surface area contributed by atoms with Crippen LogP contribution in [0.15, 0.2) is 11.0 Å². The Bertz CT molecular complexity index is 420. The minimum atomic E-state index is 0.167. The van der Waals surface area contributed by atoms with E-state index in [1.165, 1.54) is 0 Å². The van der Waals surface area contributed by atoms with Gasteiger partial charge in [-0.1, -0.05) is 34.7 Å². The van der Waals surface area contributed by atoms with Gasteiger partial charge in [0.25, 0.3) is 0 Å². The first-order valence-electron chi connectivity index (χ1n) is 4.26. The second-order valence-electron chi connectivity index (χ2n) is 3.22. The van der Waals surface area contributed by atoms with Crippen molar-refractivity contribution >= 4 is 54.1 Å². The van der Waals surface area contributed by atoms with E-state index in [0.717, 1.165) is 21.7 Å². The van der Waals surface area contributed by atoms with Crippen LogP contribution in [0.5, 0.6) is 0 Å². The Hall–Kier alpha value is -0.115. The fourth-order valence-corrected chi connectivity index (χ4v) is 3.13. The molecule has 14 heavy (non-hydrogen) atoms. The van der Waals surface area contributed by atoms with Crippen LogP contribution < -0.4 is 5.46 Å². The van der Waals surface area contributed by atoms with E-state index in [1.807, 2.05) is 13.9 Å². The van der Waals surface area contributed by atoms with E-state index in [-0.39, 0.29) is 5.78 Å². The summed E-state index contributed by atoms with van der Waals surface area (Å²) < 4.78 is 0. The first kappa shape index (κ1) is 10.4. The third-order valence-electron chi connectivity index (χ3n) is 2.22. The fraction of sp³-hybridized carbons (Fsp3) is 0.222. The summed E-state index contributed by atoms with van der Waals surface area (Å²) in [5.41, 5.74) is 1.60. The molecule has 0 unspecified atom stereocenters. The largest absolute Gasteiger partial charge is 0.294 e. The van der Waals surface area contributed by atoms with E-state index < -0.39 is 0 Å². The minimum absolute atomic E-state index is 0.167. The predicted molar refractivity (Wildman–Crippen MR) is 64.3 cm³/mol. The van der Waals surface area contributed by atoms with E-state index in [4.69, 9.17) is 23.2 Å². The summed E-state index contributed by atoms with van der Waals surface area (Å²) in [5.74, 6) is 0.964. The lowest BCUT2D eigenvalue weighted by Crippen LogP contribution is -2.15. The molecule has 0 bridgehead atoms. The highest BCUT2D eigenvalue weighted by Gasteiger charge is 2.22. The molecule has 1 heterocycles. The summed E-state index contributed by atoms with van der Waals surface area (Å²) in [6, 6.07) is 1.83. The summed E-state index contributed by atoms with van der Waals surface area (Å²) in [6.07, 6.45) is 0.592. The smallest absolute Gasteiger partial charge is 0.164 e. The first-order chi connectivity index (χ1) is 6.61. The monoisotopic (exact) mass is 244 g/mol. The Morgan fingerprint density at radius 1 is 1.36 bits per heavy atom. The van der Waals surface area contributed by atoms with Crippen molar-refractivity contribution in [1.29, 1.82) is 0 Å². The molecule has 0 amide bonds. The Kier molecular flexibility index (Phi) is 2.82. The molecule has 1 nitrogen and oxygen atoms in total. The summed E-state index contributed by atoms with van der Waals surface area (Å²) in [6.45, 7) is 0. The van der Waals surface area contributed by atoms with Gasteiger partial charge in [-0.15, -0.1) is 11.8 Å². The SMILES string of the molecule is Bc1cc2c(c(Cl)c1Cl)SCCC2=O. The predicted octanol–water partition coefficient (Wildman–Crippen LogP) is 1.93. The number of hydrogen-bond acceptors (Lipinski definition) is 2. The molecule has 0 N–H and O–H groups in total. The summed E-state index contributed by atoms with van der Waals surface area (Å²) in [4.78, 5) is 12.4. The summed E-state index contributed by atoms with van der Waals surface area (Å²) in [5, 5.41) is 1.09. The van der Waals surface area contributed by atoms with E-state index in [1.54, 1.807) is 11.8 Å². The van der Waals surface area contributed by atoms with Crippen molar-refractivity contribution in [2.75, 3.05) is 5.75 Å². The van der Waals surface area contributed by atoms with Crippen LogP contribution in [-0.2, 0) is 0 Å². The molecule has 1 aliphatic rings. The normalized spacial score (nSPS) is 15.4. The maximum absolute atomic E-state index is 11.6. The van der Waals surface area contributed by atoms with Crippen LogP contribution in [0.25, 0.3) is 0 Å². The zero-order chi connectivity index (χ0) is 10.3. The Morgan fingerprint density at radius 3 is 2.79 bits per heavy atom. The van der Waals surface area contributed by atoms with Crippen LogP contribution in [0.4, 0.5) is 0 Å². The minimum Gasteiger partial charge on any atom is -0.294 e. The number of benzene rings is 1. The van der Waals surface area contributed by atoms with Crippen LogP contribution in [0.1, 0.15) is 16.8 Å². The highest BCUT2D eigenvalue weighted by atomic mass is 35.5. The molecule has 0 saturated heterocycles. The van der Waals surface area contributed by atoms with Crippen LogP contribution in [0.3, 0.4) is 0 Å². The third kappa shape index (κ3) is 1.58. The van der Waals surface area contributed by atoms with Crippen molar-refractivity contribution in [3.8, 4) is 0 Å². The molecule has 1 aliphatic heterocycles. The van der Waals surface area contributed by atoms with Gasteiger partial charge >= 0.3 is 0 Å². The van der Waals surface area contributed by atoms with Gasteiger partial charge in [-0.3, -0.25) is 4.79 Å². The summed E-state index contributed by atoms with van der Waals surface area (Å²) in [7, 11) is 1.86. The number of ketones is 1. The average molecular weight is 245 g/mol. The lowest BCUT2D eigenvalue weighted by Gasteiger charge is -2.17. The van der Waals surface area contributed by atoms with Gasteiger partial charge in [-0.2, -0.15) is 0 Å². The molecule has 0 radical (unpaired) electrons. The van der Waals surface area contributed by atoms with E-state index in [9.17, 15) is 4.79 Å². The molecule has 5 heteroatoms. The van der Waals surface area contributed by atoms with Gasteiger partial charge < -0.3 is 0 Å². The molecular formula is C9H7BCl2OS. The molecule has 0 spiro atoms. The van der Waals surface area contributed by atoms with Gasteiger partial charge in [-0.25, -0.2) is 0 Å². The van der Waals surface area contributed by atoms with Crippen LogP contribution in [0.2, 0.25) is 10.0 Å². The van der Waals surface area contributed by atoms with Crippen molar-refractivity contribution in [3.63, 3.8) is 0 Å². The number of carbonyl (C=O) groups is 1. The van der Waals surface area contributed by atoms with Gasteiger partial charge in [0.1, 0.15) is 7.85 Å². The number of hydrogen-bond donors (Lipinski definition) is 0. The molecule has 1 aromatic rings. The van der Waals surface area contributed by atoms with Gasteiger partial charge in [0.2, 0.25) is 0 Å². The Morgan fingerprint density at radius 2 is 2.07 bits per heavy atom. The van der Waals surface area contributed by atoms with Crippen LogP contribution >= 0.6 is 35.0 Å². The number of Topliss-reactive ketones (excluding diaryl/α,β-unsaturated/α-hetero) is 1. The van der Waals surface area contributed by atoms with Crippen molar-refractivity contribution in [1.82, 2.24) is 0 Å². The number of halogens is 2. The molecule has 0 saturated carbocycles. The Balaban J connectivity index is 2.69. The molecule has 2 rings (SSSR count). The van der Waals surface area contributed by atoms with Crippen LogP contribution in [0, 0.1) is 0 Å². The number of thioether (sulfide) groups is 1. The molecule has 0 fully saturated rings. The average Bonchev–Trinajstić information content (AvgIpc) is 2.17. The highest BCUT2D eigenvalue weighted by molar-refractivity contribution is 7.99. The topological polar surface area (TPSA) is 17.1 Å². The molecule has 0 atom stereocenters. The van der Waals surface area contributed by atoms with E-state index in [0.29, 0.717) is 16.5 Å². The fourth-order valence-electron chi connectivity index (χ4n) is 1.47. The number of carbonyl (C=O) groups excluding carboxylic acids is 1. The zero-order valence-electron chi connectivity index (χ0n) is 7.56. The second-order valence-corrected chi connectivity index (χ2v) is 5.08. The van der Waals surface area contributed by atoms with Crippen molar-refractivity contribution < 1.29 is 4.79 Å². The zero-order valence-corrected chi connectivity index (χ0v) is 9.89. The molecule has 0 aliphatic carbocycles. The van der Waals surface area contributed by atoms with E-state index >= 15 is 0 Å². The maximum Gasteiger partial charge on any atom is 0.164 e. The highest BCUT2D eigenvalue weighted by Crippen LogP contribution is 2.38. The standard InChI is InChI=1S/C9H7BCl2OS/c10-5-3-4-6(13)1-2-14-9(4)8(12)7(5)11/h3H,1-2,10H2. The lowest BCUT2D eigenvalue weighted by molar-refractivity contribution is 0.0985. The van der Waals surface area contributed by atoms with Gasteiger partial charge in [-0.05, 0) is 0 Å². The van der Waals surface area contributed by atoms with Crippen LogP contribution in [-0.4, -0.2) is 19.4 Å². The van der Waals surface area contributed by atoms with E-state index in [2.05, 4.69) is 0 Å². The molecule has 72 valence electrons. The van der Waals surface area contributed by atoms with Gasteiger partial charge in [0.15, 0.2) is 5.78 Å². The summed E-state index contributed by atoms with van der Waals surface area (Å²) >= 11 is 13.7. The maximum atomic E-state index is 11.6. The van der Waals surface area contributed by atoms with Gasteiger partial charge in [0.05, 0.1) is 10.0 Å². The van der Waals surface area contributed by atoms with Gasteiger partial charge in [0, 0.05) is 22.6 Å². The number of rotatable bonds is 0.